The number of carboxylic acid groups (broad SMARTS) is 4. The molecule has 4 aromatic rings. The summed E-state index contributed by atoms with van der Waals surface area (Å²) in [5.74, 6) is -1.52. The second-order valence-corrected chi connectivity index (χ2v) is 20.5. The fourth-order valence-electron chi connectivity index (χ4n) is 9.40. The van der Waals surface area contributed by atoms with Crippen molar-refractivity contribution in [3.8, 4) is 39.6 Å². The molecule has 1 aromatic heterocycles. The molecule has 3 amide bonds. The lowest BCUT2D eigenvalue weighted by atomic mass is 9.95. The van der Waals surface area contributed by atoms with E-state index in [1.165, 1.54) is 0 Å². The number of carbonyl (C=O) groups excluding carboxylic acids is 3. The van der Waals surface area contributed by atoms with E-state index in [-0.39, 0.29) is 102 Å². The number of anilines is 1. The zero-order valence-electron chi connectivity index (χ0n) is 46.5. The second-order valence-electron chi connectivity index (χ2n) is 19.6. The lowest BCUT2D eigenvalue weighted by Crippen LogP contribution is -2.55. The molecule has 25 nitrogen and oxygen atoms in total. The Morgan fingerprint density at radius 1 is 0.744 bits per heavy atom. The van der Waals surface area contributed by atoms with Gasteiger partial charge in [0.15, 0.2) is 5.69 Å². The molecule has 3 aromatic carbocycles. The lowest BCUT2D eigenvalue weighted by molar-refractivity contribution is -0.140. The molecule has 0 aliphatic carbocycles. The fraction of sp³-hybridized carbons (Fsp3) is 0.491. The lowest BCUT2D eigenvalue weighted by Gasteiger charge is -2.41. The number of likely N-dealkylation sites (N-methyl/N-ethyl adjacent to an activating group) is 1. The first-order chi connectivity index (χ1) is 39.3. The molecule has 0 saturated carbocycles. The van der Waals surface area contributed by atoms with Gasteiger partial charge in [-0.1, -0.05) is 42.3 Å². The summed E-state index contributed by atoms with van der Waals surface area (Å²) in [6, 6.07) is 16.2. The van der Waals surface area contributed by atoms with E-state index < -0.39 is 17.5 Å². The van der Waals surface area contributed by atoms with E-state index in [1.807, 2.05) is 54.8 Å². The number of hydrogen-bond donors (Lipinski definition) is 6. The van der Waals surface area contributed by atoms with Crippen molar-refractivity contribution in [1.82, 2.24) is 39.6 Å². The fourth-order valence-corrected chi connectivity index (χ4v) is 9.92. The third-order valence-electron chi connectivity index (χ3n) is 13.4. The van der Waals surface area contributed by atoms with Crippen molar-refractivity contribution in [2.45, 2.75) is 39.3 Å². The quantitative estimate of drug-likeness (QED) is 0.0508. The number of carbonyl (C=O) groups is 7. The summed E-state index contributed by atoms with van der Waals surface area (Å²) in [7, 11) is 1.57. The molecule has 3 aliphatic rings. The van der Waals surface area contributed by atoms with Gasteiger partial charge < -0.3 is 64.5 Å². The van der Waals surface area contributed by atoms with E-state index in [2.05, 4.69) is 15.5 Å². The molecule has 0 bridgehead atoms. The molecular weight excluding hydrogens is 1110 g/mol. The minimum atomic E-state index is -0.969. The number of carboxylic acids is 2. The first kappa shape index (κ1) is 65.9. The Morgan fingerprint density at radius 2 is 1.33 bits per heavy atom. The predicted molar refractivity (Wildman–Crippen MR) is 303 cm³/mol. The summed E-state index contributed by atoms with van der Waals surface area (Å²) >= 11 is 13.0. The second kappa shape index (κ2) is 33.2. The van der Waals surface area contributed by atoms with Crippen LogP contribution in [0, 0.1) is 0 Å². The van der Waals surface area contributed by atoms with Crippen LogP contribution in [0.25, 0.3) is 28.1 Å². The summed E-state index contributed by atoms with van der Waals surface area (Å²) in [5.41, 5.74) is 4.14. The van der Waals surface area contributed by atoms with Gasteiger partial charge in [-0.25, -0.2) is 4.68 Å². The zero-order valence-corrected chi connectivity index (χ0v) is 48.0. The first-order valence-corrected chi connectivity index (χ1v) is 27.2. The molecule has 27 heteroatoms. The van der Waals surface area contributed by atoms with Crippen LogP contribution in [0.1, 0.15) is 43.2 Å². The van der Waals surface area contributed by atoms with Crippen LogP contribution in [-0.4, -0.2) is 241 Å². The van der Waals surface area contributed by atoms with Crippen LogP contribution in [0.4, 0.5) is 5.69 Å². The molecule has 0 radical (unpaired) electrons. The summed E-state index contributed by atoms with van der Waals surface area (Å²) < 4.78 is 31.0. The SMILES string of the molecule is CCN1CCN(CC(=O)O)CCN(CC(=O)O)CCN(CC(=O)NCCOCCOCCC(=O)Nc2cccc(-c3cc4c(cc3OC)OCc3c(C(=O)N5CCOCC5(C)C)nn(-c5cc(Cl)cc(Cl)c5)c3-4)c2)CC1.O=CO.O=CO. The van der Waals surface area contributed by atoms with Crippen LogP contribution in [0.15, 0.2) is 54.6 Å². The standard InChI is InChI=1S/C53H69Cl2N9O12.2CH2O2/c1-5-59-11-13-60(15-16-62(33-49(69)70)18-17-61(14-12-59)32-48(67)68)31-47(66)56-10-21-74-24-23-73-20-9-46(65)57-39-8-6-7-36(25-39)41-29-42-45(30-44(41)72-4)76-34-43-50(52(71)63-19-22-75-35-53(63,2)3)58-64(51(42)43)40-27-37(54)26-38(55)28-40;2*2-1-3/h6-8,25-30H,5,9-24,31-35H2,1-4H3,(H,56,66)(H,57,65)(H,67,68)(H,69,70);2*1H,(H,2,3). The summed E-state index contributed by atoms with van der Waals surface area (Å²) in [6.45, 7) is 12.7. The van der Waals surface area contributed by atoms with Gasteiger partial charge in [-0.2, -0.15) is 5.10 Å². The first-order valence-electron chi connectivity index (χ1n) is 26.5. The van der Waals surface area contributed by atoms with Crippen molar-refractivity contribution in [2.24, 2.45) is 0 Å². The molecule has 0 atom stereocenters. The van der Waals surface area contributed by atoms with Crippen LogP contribution < -0.4 is 20.1 Å². The number of methoxy groups -OCH3 is 1. The summed E-state index contributed by atoms with van der Waals surface area (Å²) in [5, 5.41) is 44.2. The molecule has 82 heavy (non-hydrogen) atoms. The van der Waals surface area contributed by atoms with E-state index in [0.717, 1.165) is 12.1 Å². The summed E-state index contributed by atoms with van der Waals surface area (Å²) in [4.78, 5) is 89.9. The number of aromatic nitrogens is 2. The zero-order chi connectivity index (χ0) is 59.8. The number of fused-ring (bicyclic) bond motifs is 3. The average Bonchev–Trinajstić information content (AvgIpc) is 2.27. The minimum absolute atomic E-state index is 0.0744. The predicted octanol–water partition coefficient (Wildman–Crippen LogP) is 3.96. The number of nitrogens with one attached hydrogen (secondary N) is 2. The van der Waals surface area contributed by atoms with Crippen LogP contribution >= 0.6 is 23.2 Å². The highest BCUT2D eigenvalue weighted by molar-refractivity contribution is 6.34. The van der Waals surface area contributed by atoms with Crippen LogP contribution in [0.2, 0.25) is 10.0 Å². The molecule has 448 valence electrons. The van der Waals surface area contributed by atoms with Crippen molar-refractivity contribution < 1.29 is 77.7 Å². The Morgan fingerprint density at radius 3 is 1.90 bits per heavy atom. The van der Waals surface area contributed by atoms with E-state index in [9.17, 15) is 34.2 Å². The number of ether oxygens (including phenoxy) is 5. The normalized spacial score (nSPS) is 15.9. The van der Waals surface area contributed by atoms with Crippen LogP contribution in [0.5, 0.6) is 11.5 Å². The largest absolute Gasteiger partial charge is 0.496 e. The molecule has 0 unspecified atom stereocenters. The summed E-state index contributed by atoms with van der Waals surface area (Å²) in [6.07, 6.45) is 0.0898. The van der Waals surface area contributed by atoms with Gasteiger partial charge in [-0.05, 0) is 62.4 Å². The Balaban J connectivity index is 0.00000197. The molecule has 6 N–H and O–H groups in total. The molecule has 0 spiro atoms. The molecule has 7 rings (SSSR count). The number of amides is 3. The van der Waals surface area contributed by atoms with E-state index in [4.69, 9.17) is 71.8 Å². The monoisotopic (exact) mass is 1190 g/mol. The number of hydrogen-bond acceptors (Lipinski definition) is 17. The van der Waals surface area contributed by atoms with Gasteiger partial charge in [0, 0.05) is 104 Å². The van der Waals surface area contributed by atoms with Gasteiger partial charge in [-0.15, -0.1) is 0 Å². The third-order valence-corrected chi connectivity index (χ3v) is 13.9. The molecule has 4 heterocycles. The molecule has 2 fully saturated rings. The molecular formula is C55H73Cl2N9O16. The number of halogens is 2. The van der Waals surface area contributed by atoms with Crippen molar-refractivity contribution >= 4 is 71.5 Å². The smallest absolute Gasteiger partial charge is 0.317 e. The van der Waals surface area contributed by atoms with E-state index >= 15 is 0 Å². The Hall–Kier alpha value is -6.94. The highest BCUT2D eigenvalue weighted by Gasteiger charge is 2.39. The van der Waals surface area contributed by atoms with Crippen molar-refractivity contribution in [3.05, 3.63) is 75.9 Å². The number of rotatable bonds is 21. The Kier molecular flexibility index (Phi) is 26.7. The highest BCUT2D eigenvalue weighted by atomic mass is 35.5. The van der Waals surface area contributed by atoms with Gasteiger partial charge in [0.05, 0.1) is 89.7 Å². The highest BCUT2D eigenvalue weighted by Crippen LogP contribution is 2.47. The topological polar surface area (TPSA) is 305 Å². The number of morpholine rings is 1. The number of aliphatic carboxylic acids is 2. The minimum Gasteiger partial charge on any atom is -0.496 e. The third kappa shape index (κ3) is 19.9. The van der Waals surface area contributed by atoms with E-state index in [1.54, 1.807) is 51.9 Å². The van der Waals surface area contributed by atoms with Gasteiger partial charge in [0.2, 0.25) is 11.8 Å². The number of nitrogens with zero attached hydrogens (tertiary/aromatic N) is 7. The van der Waals surface area contributed by atoms with Crippen molar-refractivity contribution in [1.29, 1.82) is 0 Å². The van der Waals surface area contributed by atoms with Crippen LogP contribution in [-0.2, 0) is 49.6 Å². The van der Waals surface area contributed by atoms with Gasteiger partial charge >= 0.3 is 11.9 Å². The number of benzene rings is 3. The van der Waals surface area contributed by atoms with Gasteiger partial charge in [0.25, 0.3) is 18.9 Å². The Labute approximate surface area is 485 Å². The van der Waals surface area contributed by atoms with E-state index in [0.29, 0.717) is 127 Å². The maximum absolute atomic E-state index is 14.4. The average molecular weight is 1190 g/mol. The maximum Gasteiger partial charge on any atom is 0.317 e. The van der Waals surface area contributed by atoms with Gasteiger partial charge in [-0.3, -0.25) is 48.3 Å². The van der Waals surface area contributed by atoms with Crippen LogP contribution in [0.3, 0.4) is 0 Å². The molecule has 3 aliphatic heterocycles. The Bertz CT molecular complexity index is 2780. The van der Waals surface area contributed by atoms with Gasteiger partial charge in [0.1, 0.15) is 18.1 Å². The van der Waals surface area contributed by atoms with Crippen molar-refractivity contribution in [2.75, 3.05) is 144 Å². The molecule has 2 saturated heterocycles. The van der Waals surface area contributed by atoms with Crippen molar-refractivity contribution in [3.63, 3.8) is 0 Å². The maximum atomic E-state index is 14.4.